The number of fused-ring (bicyclic) bond motifs is 3. The predicted molar refractivity (Wildman–Crippen MR) is 141 cm³/mol. The van der Waals surface area contributed by atoms with E-state index in [4.69, 9.17) is 4.74 Å². The smallest absolute Gasteiger partial charge is 0.411 e. The van der Waals surface area contributed by atoms with Crippen LogP contribution in [0.3, 0.4) is 0 Å². The molecular formula is C27H28IN3O2. The highest BCUT2D eigenvalue weighted by Crippen LogP contribution is 2.44. The maximum Gasteiger partial charge on any atom is 0.411 e. The van der Waals surface area contributed by atoms with Crippen LogP contribution in [0, 0.1) is 10.5 Å². The second kappa shape index (κ2) is 9.83. The molecule has 0 atom stereocenters. The molecule has 1 aliphatic carbocycles. The van der Waals surface area contributed by atoms with E-state index in [0.29, 0.717) is 6.61 Å². The van der Waals surface area contributed by atoms with E-state index in [1.54, 1.807) is 0 Å². The molecule has 0 aromatic heterocycles. The summed E-state index contributed by atoms with van der Waals surface area (Å²) in [5.74, 6) is 0.0587. The van der Waals surface area contributed by atoms with Crippen molar-refractivity contribution in [1.82, 2.24) is 10.2 Å². The number of rotatable bonds is 5. The van der Waals surface area contributed by atoms with Gasteiger partial charge in [0.25, 0.3) is 0 Å². The summed E-state index contributed by atoms with van der Waals surface area (Å²) in [5.41, 5.74) is 7.99. The van der Waals surface area contributed by atoms with Gasteiger partial charge in [0.1, 0.15) is 6.61 Å². The minimum Gasteiger partial charge on any atom is -0.448 e. The van der Waals surface area contributed by atoms with E-state index >= 15 is 0 Å². The Bertz CT molecular complexity index is 1130. The van der Waals surface area contributed by atoms with Gasteiger partial charge in [0.2, 0.25) is 0 Å². The molecule has 3 aromatic carbocycles. The lowest BCUT2D eigenvalue weighted by atomic mass is 9.98. The minimum absolute atomic E-state index is 0.0587. The first-order valence-corrected chi connectivity index (χ1v) is 12.5. The number of amides is 1. The third-order valence-corrected chi connectivity index (χ3v) is 7.72. The first-order valence-electron chi connectivity index (χ1n) is 11.4. The van der Waals surface area contributed by atoms with Gasteiger partial charge in [0, 0.05) is 47.9 Å². The number of nitrogens with zero attached hydrogens (tertiary/aromatic N) is 1. The number of piperazine rings is 1. The molecule has 0 radical (unpaired) electrons. The molecule has 1 heterocycles. The van der Waals surface area contributed by atoms with Gasteiger partial charge in [0.05, 0.1) is 0 Å². The molecule has 1 amide bonds. The Morgan fingerprint density at radius 3 is 2.36 bits per heavy atom. The molecule has 5 rings (SSSR count). The monoisotopic (exact) mass is 553 g/mol. The van der Waals surface area contributed by atoms with Crippen LogP contribution in [0.15, 0.2) is 60.7 Å². The van der Waals surface area contributed by atoms with E-state index in [9.17, 15) is 4.79 Å². The Morgan fingerprint density at radius 1 is 1.06 bits per heavy atom. The summed E-state index contributed by atoms with van der Waals surface area (Å²) in [5, 5.41) is 6.40. The number of hydrogen-bond acceptors (Lipinski definition) is 4. The van der Waals surface area contributed by atoms with Crippen molar-refractivity contribution in [2.24, 2.45) is 0 Å². The van der Waals surface area contributed by atoms with E-state index in [1.165, 1.54) is 27.8 Å². The third kappa shape index (κ3) is 4.78. The first kappa shape index (κ1) is 22.4. The molecule has 0 saturated carbocycles. The average molecular weight is 553 g/mol. The van der Waals surface area contributed by atoms with Crippen molar-refractivity contribution < 1.29 is 9.53 Å². The zero-order chi connectivity index (χ0) is 22.8. The Hall–Kier alpha value is -2.42. The quantitative estimate of drug-likeness (QED) is 0.418. The van der Waals surface area contributed by atoms with Crippen LogP contribution in [0.2, 0.25) is 0 Å². The lowest BCUT2D eigenvalue weighted by molar-refractivity contribution is 0.158. The molecule has 0 bridgehead atoms. The average Bonchev–Trinajstić information content (AvgIpc) is 3.15. The highest BCUT2D eigenvalue weighted by Gasteiger charge is 2.29. The zero-order valence-corrected chi connectivity index (χ0v) is 20.9. The molecule has 1 aliphatic heterocycles. The van der Waals surface area contributed by atoms with Gasteiger partial charge in [-0.25, -0.2) is 4.79 Å². The van der Waals surface area contributed by atoms with Crippen molar-refractivity contribution in [2.45, 2.75) is 19.4 Å². The minimum atomic E-state index is -0.407. The SMILES string of the molecule is Cc1c(I)cc(CN2CCNCC2)cc1NC(=O)OCC1c2ccccc2-c2ccccc21. The summed E-state index contributed by atoms with van der Waals surface area (Å²) in [4.78, 5) is 15.2. The molecule has 5 nitrogen and oxygen atoms in total. The van der Waals surface area contributed by atoms with Gasteiger partial charge < -0.3 is 10.1 Å². The molecule has 0 unspecified atom stereocenters. The Labute approximate surface area is 208 Å². The van der Waals surface area contributed by atoms with E-state index in [-0.39, 0.29) is 5.92 Å². The summed E-state index contributed by atoms with van der Waals surface area (Å²) >= 11 is 2.35. The van der Waals surface area contributed by atoms with Crippen LogP contribution >= 0.6 is 22.6 Å². The van der Waals surface area contributed by atoms with Crippen LogP contribution in [0.4, 0.5) is 10.5 Å². The number of hydrogen-bond donors (Lipinski definition) is 2. The van der Waals surface area contributed by atoms with Gasteiger partial charge in [-0.15, -0.1) is 0 Å². The fraction of sp³-hybridized carbons (Fsp3) is 0.296. The maximum atomic E-state index is 12.8. The number of carbonyl (C=O) groups is 1. The molecular weight excluding hydrogens is 525 g/mol. The van der Waals surface area contributed by atoms with Crippen LogP contribution in [0.25, 0.3) is 11.1 Å². The van der Waals surface area contributed by atoms with Crippen LogP contribution in [-0.2, 0) is 11.3 Å². The molecule has 0 spiro atoms. The fourth-order valence-electron chi connectivity index (χ4n) is 4.83. The van der Waals surface area contributed by atoms with Gasteiger partial charge in [-0.1, -0.05) is 48.5 Å². The van der Waals surface area contributed by atoms with Crippen molar-refractivity contribution in [3.63, 3.8) is 0 Å². The van der Waals surface area contributed by atoms with Crippen molar-refractivity contribution in [3.8, 4) is 11.1 Å². The summed E-state index contributed by atoms with van der Waals surface area (Å²) in [6, 6.07) is 21.1. The summed E-state index contributed by atoms with van der Waals surface area (Å²) in [6.07, 6.45) is -0.407. The van der Waals surface area contributed by atoms with E-state index < -0.39 is 6.09 Å². The van der Waals surface area contributed by atoms with Crippen molar-refractivity contribution in [1.29, 1.82) is 0 Å². The van der Waals surface area contributed by atoms with Crippen molar-refractivity contribution in [2.75, 3.05) is 38.1 Å². The molecule has 1 fully saturated rings. The van der Waals surface area contributed by atoms with Crippen molar-refractivity contribution >= 4 is 34.4 Å². The van der Waals surface area contributed by atoms with Gasteiger partial charge in [-0.3, -0.25) is 10.2 Å². The number of anilines is 1. The first-order chi connectivity index (χ1) is 16.1. The summed E-state index contributed by atoms with van der Waals surface area (Å²) in [7, 11) is 0. The fourth-order valence-corrected chi connectivity index (χ4v) is 5.52. The van der Waals surface area contributed by atoms with E-state index in [0.717, 1.165) is 47.5 Å². The highest BCUT2D eigenvalue weighted by atomic mass is 127. The zero-order valence-electron chi connectivity index (χ0n) is 18.7. The van der Waals surface area contributed by atoms with Gasteiger partial charge in [-0.2, -0.15) is 0 Å². The van der Waals surface area contributed by atoms with Crippen LogP contribution in [0.1, 0.15) is 28.2 Å². The molecule has 3 aromatic rings. The van der Waals surface area contributed by atoms with E-state index in [2.05, 4.69) is 86.7 Å². The third-order valence-electron chi connectivity index (χ3n) is 6.60. The van der Waals surface area contributed by atoms with Gasteiger partial charge in [0.15, 0.2) is 0 Å². The lowest BCUT2D eigenvalue weighted by Crippen LogP contribution is -2.42. The lowest BCUT2D eigenvalue weighted by Gasteiger charge is -2.27. The molecule has 33 heavy (non-hydrogen) atoms. The van der Waals surface area contributed by atoms with Crippen LogP contribution in [0.5, 0.6) is 0 Å². The van der Waals surface area contributed by atoms with Gasteiger partial charge >= 0.3 is 6.09 Å². The number of ether oxygens (including phenoxy) is 1. The Balaban J connectivity index is 1.28. The van der Waals surface area contributed by atoms with Crippen molar-refractivity contribution in [3.05, 3.63) is 86.5 Å². The molecule has 6 heteroatoms. The Morgan fingerprint density at radius 2 is 1.70 bits per heavy atom. The maximum absolute atomic E-state index is 12.8. The largest absolute Gasteiger partial charge is 0.448 e. The molecule has 2 aliphatic rings. The highest BCUT2D eigenvalue weighted by molar-refractivity contribution is 14.1. The topological polar surface area (TPSA) is 53.6 Å². The normalized spacial score (nSPS) is 15.7. The predicted octanol–water partition coefficient (Wildman–Crippen LogP) is 5.37. The standard InChI is InChI=1S/C27H28IN3O2/c1-18-25(28)14-19(16-31-12-10-29-11-13-31)15-26(18)30-27(32)33-17-24-22-8-4-2-6-20(22)21-7-3-5-9-23(21)24/h2-9,14-15,24,29H,10-13,16-17H2,1H3,(H,30,32). The van der Waals surface area contributed by atoms with Crippen LogP contribution in [-0.4, -0.2) is 43.8 Å². The molecule has 1 saturated heterocycles. The number of halogens is 1. The van der Waals surface area contributed by atoms with Crippen LogP contribution < -0.4 is 10.6 Å². The number of carbonyl (C=O) groups excluding carboxylic acids is 1. The van der Waals surface area contributed by atoms with Gasteiger partial charge in [-0.05, 0) is 75.0 Å². The molecule has 170 valence electrons. The molecule has 2 N–H and O–H groups in total. The van der Waals surface area contributed by atoms with E-state index in [1.807, 2.05) is 19.1 Å². The summed E-state index contributed by atoms with van der Waals surface area (Å²) in [6.45, 7) is 7.37. The summed E-state index contributed by atoms with van der Waals surface area (Å²) < 4.78 is 6.90. The second-order valence-corrected chi connectivity index (χ2v) is 9.89. The number of nitrogens with one attached hydrogen (secondary N) is 2. The second-order valence-electron chi connectivity index (χ2n) is 8.73. The Kier molecular flexibility index (Phi) is 6.66. The number of benzene rings is 3.